The van der Waals surface area contributed by atoms with Crippen LogP contribution in [0.3, 0.4) is 0 Å². The third-order valence-corrected chi connectivity index (χ3v) is 3.51. The van der Waals surface area contributed by atoms with E-state index in [1.54, 1.807) is 24.3 Å². The molecule has 0 saturated carbocycles. The maximum absolute atomic E-state index is 12.1. The van der Waals surface area contributed by atoms with Gasteiger partial charge in [0.15, 0.2) is 0 Å². The number of carbonyl (C=O) groups is 2. The van der Waals surface area contributed by atoms with Gasteiger partial charge in [-0.3, -0.25) is 9.59 Å². The van der Waals surface area contributed by atoms with E-state index in [9.17, 15) is 14.7 Å². The standard InChI is InChI=1S/C15H14O4/c1-15(2)7-10(16)11-13(18)12(17)8-5-3-4-6-9(8)14(11)19-15/h3-6,10,16H,7H2,1-2H3/t10-/m0/s1. The summed E-state index contributed by atoms with van der Waals surface area (Å²) in [6.07, 6.45) is -0.656. The van der Waals surface area contributed by atoms with E-state index < -0.39 is 23.3 Å². The second-order valence-electron chi connectivity index (χ2n) is 5.53. The highest BCUT2D eigenvalue weighted by atomic mass is 16.5. The van der Waals surface area contributed by atoms with Crippen molar-refractivity contribution in [1.82, 2.24) is 0 Å². The molecule has 0 saturated heterocycles. The minimum absolute atomic E-state index is 0.100. The quantitative estimate of drug-likeness (QED) is 0.720. The molecule has 1 atom stereocenters. The summed E-state index contributed by atoms with van der Waals surface area (Å²) in [7, 11) is 0. The Kier molecular flexibility index (Phi) is 2.41. The Morgan fingerprint density at radius 3 is 2.47 bits per heavy atom. The molecule has 4 heteroatoms. The van der Waals surface area contributed by atoms with Gasteiger partial charge in [0.25, 0.3) is 0 Å². The highest BCUT2D eigenvalue weighted by Crippen LogP contribution is 2.41. The molecular formula is C15H14O4. The molecule has 1 aliphatic carbocycles. The van der Waals surface area contributed by atoms with E-state index >= 15 is 0 Å². The van der Waals surface area contributed by atoms with Gasteiger partial charge in [0.05, 0.1) is 11.7 Å². The molecule has 0 bridgehead atoms. The van der Waals surface area contributed by atoms with E-state index in [4.69, 9.17) is 4.74 Å². The average Bonchev–Trinajstić information content (AvgIpc) is 2.34. The van der Waals surface area contributed by atoms with Crippen LogP contribution in [0.1, 0.15) is 36.2 Å². The van der Waals surface area contributed by atoms with Crippen LogP contribution in [0.15, 0.2) is 29.8 Å². The maximum atomic E-state index is 12.1. The van der Waals surface area contributed by atoms with Crippen molar-refractivity contribution in [2.24, 2.45) is 0 Å². The second kappa shape index (κ2) is 3.78. The largest absolute Gasteiger partial charge is 0.487 e. The molecule has 0 amide bonds. The molecular weight excluding hydrogens is 244 g/mol. The van der Waals surface area contributed by atoms with Crippen LogP contribution in [0, 0.1) is 0 Å². The summed E-state index contributed by atoms with van der Waals surface area (Å²) in [5, 5.41) is 10.1. The van der Waals surface area contributed by atoms with Crippen LogP contribution in [0.4, 0.5) is 0 Å². The van der Waals surface area contributed by atoms with Gasteiger partial charge in [0.1, 0.15) is 11.4 Å². The van der Waals surface area contributed by atoms with Crippen LogP contribution in [0.5, 0.6) is 0 Å². The van der Waals surface area contributed by atoms with Gasteiger partial charge in [-0.15, -0.1) is 0 Å². The van der Waals surface area contributed by atoms with E-state index in [0.29, 0.717) is 23.3 Å². The number of carbonyl (C=O) groups excluding carboxylic acids is 2. The molecule has 0 fully saturated rings. The summed E-state index contributed by atoms with van der Waals surface area (Å²) in [6, 6.07) is 6.84. The maximum Gasteiger partial charge on any atom is 0.235 e. The first-order valence-corrected chi connectivity index (χ1v) is 6.20. The Labute approximate surface area is 110 Å². The number of Topliss-reactive ketones (excluding diaryl/α,β-unsaturated/α-hetero) is 2. The van der Waals surface area contributed by atoms with Gasteiger partial charge in [0, 0.05) is 17.5 Å². The lowest BCUT2D eigenvalue weighted by atomic mass is 9.81. The molecule has 0 spiro atoms. The lowest BCUT2D eigenvalue weighted by molar-refractivity contribution is -0.114. The molecule has 0 unspecified atom stereocenters. The summed E-state index contributed by atoms with van der Waals surface area (Å²) in [6.45, 7) is 3.70. The molecule has 1 aromatic carbocycles. The van der Waals surface area contributed by atoms with E-state index in [2.05, 4.69) is 0 Å². The average molecular weight is 258 g/mol. The topological polar surface area (TPSA) is 63.6 Å². The van der Waals surface area contributed by atoms with Gasteiger partial charge >= 0.3 is 0 Å². The zero-order valence-corrected chi connectivity index (χ0v) is 10.8. The predicted octanol–water partition coefficient (Wildman–Crippen LogP) is 1.72. The molecule has 0 aromatic heterocycles. The molecule has 1 N–H and O–H groups in total. The van der Waals surface area contributed by atoms with Crippen molar-refractivity contribution < 1.29 is 19.4 Å². The van der Waals surface area contributed by atoms with Crippen LogP contribution in [-0.4, -0.2) is 28.4 Å². The number of hydrogen-bond donors (Lipinski definition) is 1. The number of fused-ring (bicyclic) bond motifs is 2. The zero-order valence-electron chi connectivity index (χ0n) is 10.8. The molecule has 98 valence electrons. The van der Waals surface area contributed by atoms with E-state index in [1.165, 1.54) is 0 Å². The normalized spacial score (nSPS) is 24.7. The smallest absolute Gasteiger partial charge is 0.235 e. The molecule has 2 aliphatic rings. The predicted molar refractivity (Wildman–Crippen MR) is 68.5 cm³/mol. The first kappa shape index (κ1) is 12.1. The van der Waals surface area contributed by atoms with Crippen molar-refractivity contribution in [2.75, 3.05) is 0 Å². The summed E-state index contributed by atoms with van der Waals surface area (Å²) in [4.78, 5) is 24.1. The lowest BCUT2D eigenvalue weighted by Crippen LogP contribution is -2.41. The Morgan fingerprint density at radius 1 is 1.16 bits per heavy atom. The number of benzene rings is 1. The number of rotatable bonds is 0. The minimum Gasteiger partial charge on any atom is -0.487 e. The number of hydrogen-bond acceptors (Lipinski definition) is 4. The van der Waals surface area contributed by atoms with Crippen LogP contribution in [0.25, 0.3) is 5.76 Å². The van der Waals surface area contributed by atoms with Gasteiger partial charge < -0.3 is 9.84 Å². The molecule has 4 nitrogen and oxygen atoms in total. The van der Waals surface area contributed by atoms with Gasteiger partial charge in [-0.25, -0.2) is 0 Å². The summed E-state index contributed by atoms with van der Waals surface area (Å²) in [5.41, 5.74) is 0.472. The number of aliphatic hydroxyl groups is 1. The van der Waals surface area contributed by atoms with E-state index in [0.717, 1.165) is 0 Å². The van der Waals surface area contributed by atoms with Crippen LogP contribution in [0.2, 0.25) is 0 Å². The van der Waals surface area contributed by atoms with Crippen molar-refractivity contribution in [3.8, 4) is 0 Å². The summed E-state index contributed by atoms with van der Waals surface area (Å²) in [5.74, 6) is -0.877. The van der Waals surface area contributed by atoms with Crippen molar-refractivity contribution >= 4 is 17.3 Å². The Bertz CT molecular complexity index is 625. The third kappa shape index (κ3) is 1.71. The molecule has 1 aromatic rings. The molecule has 1 heterocycles. The summed E-state index contributed by atoms with van der Waals surface area (Å²) < 4.78 is 5.84. The first-order chi connectivity index (χ1) is 8.91. The number of aliphatic hydroxyl groups excluding tert-OH is 1. The van der Waals surface area contributed by atoms with Crippen molar-refractivity contribution in [2.45, 2.75) is 32.0 Å². The Morgan fingerprint density at radius 2 is 1.79 bits per heavy atom. The van der Waals surface area contributed by atoms with Gasteiger partial charge in [-0.05, 0) is 13.8 Å². The Hall–Kier alpha value is -1.94. The van der Waals surface area contributed by atoms with Gasteiger partial charge in [0.2, 0.25) is 11.6 Å². The third-order valence-electron chi connectivity index (χ3n) is 3.51. The molecule has 0 radical (unpaired) electrons. The number of ether oxygens (including phenoxy) is 1. The van der Waals surface area contributed by atoms with Crippen LogP contribution < -0.4 is 0 Å². The molecule has 19 heavy (non-hydrogen) atoms. The SMILES string of the molecule is CC1(C)C[C@H](O)C2=C(O1)c1ccccc1C(=O)C2=O. The van der Waals surface area contributed by atoms with Gasteiger partial charge in [-0.2, -0.15) is 0 Å². The fourth-order valence-electron chi connectivity index (χ4n) is 2.67. The molecule has 1 aliphatic heterocycles. The van der Waals surface area contributed by atoms with Crippen molar-refractivity contribution in [3.63, 3.8) is 0 Å². The first-order valence-electron chi connectivity index (χ1n) is 6.20. The minimum atomic E-state index is -0.955. The van der Waals surface area contributed by atoms with Gasteiger partial charge in [-0.1, -0.05) is 24.3 Å². The number of ketones is 2. The van der Waals surface area contributed by atoms with Crippen LogP contribution in [-0.2, 0) is 9.53 Å². The fourth-order valence-corrected chi connectivity index (χ4v) is 2.67. The van der Waals surface area contributed by atoms with Crippen LogP contribution >= 0.6 is 0 Å². The monoisotopic (exact) mass is 258 g/mol. The fraction of sp³-hybridized carbons (Fsp3) is 0.333. The second-order valence-corrected chi connectivity index (χ2v) is 5.53. The highest BCUT2D eigenvalue weighted by molar-refractivity contribution is 6.52. The van der Waals surface area contributed by atoms with Crippen molar-refractivity contribution in [3.05, 3.63) is 41.0 Å². The zero-order chi connectivity index (χ0) is 13.8. The van der Waals surface area contributed by atoms with E-state index in [1.807, 2.05) is 13.8 Å². The Balaban J connectivity index is 2.27. The summed E-state index contributed by atoms with van der Waals surface area (Å²) >= 11 is 0. The van der Waals surface area contributed by atoms with Crippen molar-refractivity contribution in [1.29, 1.82) is 0 Å². The highest BCUT2D eigenvalue weighted by Gasteiger charge is 2.44. The molecule has 3 rings (SSSR count). The lowest BCUT2D eigenvalue weighted by Gasteiger charge is -2.38. The van der Waals surface area contributed by atoms with E-state index in [-0.39, 0.29) is 5.57 Å².